The highest BCUT2D eigenvalue weighted by Gasteiger charge is 2.17. The van der Waals surface area contributed by atoms with Gasteiger partial charge in [0.1, 0.15) is 21.5 Å². The molecule has 1 aliphatic rings. The molecular weight excluding hydrogens is 308 g/mol. The van der Waals surface area contributed by atoms with Crippen molar-refractivity contribution in [3.05, 3.63) is 23.9 Å². The summed E-state index contributed by atoms with van der Waals surface area (Å²) < 4.78 is 10.7. The number of halogens is 1. The number of rotatable bonds is 3. The Balaban J connectivity index is 0.00000161. The molecule has 4 nitrogen and oxygen atoms in total. The van der Waals surface area contributed by atoms with Gasteiger partial charge in [-0.25, -0.2) is 4.98 Å². The molecule has 114 valence electrons. The number of nitrogens with one attached hydrogen (secondary N) is 1. The molecule has 0 unspecified atom stereocenters. The molecule has 1 aromatic heterocycles. The van der Waals surface area contributed by atoms with E-state index in [2.05, 4.69) is 5.32 Å². The van der Waals surface area contributed by atoms with Crippen LogP contribution in [0.2, 0.25) is 0 Å². The largest absolute Gasteiger partial charge is 0.497 e. The van der Waals surface area contributed by atoms with Gasteiger partial charge in [-0.2, -0.15) is 0 Å². The standard InChI is InChI=1S/C15H18N2O2S.ClH/c1-18-10-6-7-11(13(9-10)19-2)14-17-12-5-3-4-8-16-15(12)20-14;/h6-7,9,16H,3-5,8H2,1-2H3;1H. The fourth-order valence-corrected chi connectivity index (χ4v) is 3.44. The lowest BCUT2D eigenvalue weighted by Gasteiger charge is -2.08. The number of fused-ring (bicyclic) bond motifs is 1. The van der Waals surface area contributed by atoms with Gasteiger partial charge in [0, 0.05) is 12.6 Å². The number of hydrogen-bond acceptors (Lipinski definition) is 5. The van der Waals surface area contributed by atoms with Gasteiger partial charge < -0.3 is 14.8 Å². The third-order valence-corrected chi connectivity index (χ3v) is 4.55. The van der Waals surface area contributed by atoms with Crippen LogP contribution in [0.4, 0.5) is 5.00 Å². The SMILES string of the molecule is COc1ccc(-c2nc3c(s2)NCCCC3)c(OC)c1.Cl. The summed E-state index contributed by atoms with van der Waals surface area (Å²) in [6, 6.07) is 5.85. The summed E-state index contributed by atoms with van der Waals surface area (Å²) in [7, 11) is 3.33. The van der Waals surface area contributed by atoms with Crippen LogP contribution < -0.4 is 14.8 Å². The van der Waals surface area contributed by atoms with Crippen LogP contribution in [-0.2, 0) is 6.42 Å². The van der Waals surface area contributed by atoms with E-state index < -0.39 is 0 Å². The zero-order valence-corrected chi connectivity index (χ0v) is 13.8. The van der Waals surface area contributed by atoms with E-state index in [9.17, 15) is 0 Å². The second-order valence-corrected chi connectivity index (χ2v) is 5.74. The van der Waals surface area contributed by atoms with Gasteiger partial charge in [-0.05, 0) is 31.4 Å². The molecule has 2 aromatic rings. The predicted octanol–water partition coefficient (Wildman–Crippen LogP) is 4.00. The van der Waals surface area contributed by atoms with E-state index in [1.54, 1.807) is 25.6 Å². The zero-order chi connectivity index (χ0) is 13.9. The number of aromatic nitrogens is 1. The van der Waals surface area contributed by atoms with E-state index in [0.717, 1.165) is 35.0 Å². The van der Waals surface area contributed by atoms with Crippen LogP contribution in [0.5, 0.6) is 11.5 Å². The van der Waals surface area contributed by atoms with Crippen LogP contribution in [0.1, 0.15) is 18.5 Å². The van der Waals surface area contributed by atoms with Gasteiger partial charge in [0.05, 0.1) is 25.5 Å². The van der Waals surface area contributed by atoms with E-state index in [0.29, 0.717) is 0 Å². The van der Waals surface area contributed by atoms with Crippen LogP contribution >= 0.6 is 23.7 Å². The molecule has 6 heteroatoms. The van der Waals surface area contributed by atoms with Crippen LogP contribution in [0.3, 0.4) is 0 Å². The smallest absolute Gasteiger partial charge is 0.132 e. The monoisotopic (exact) mass is 326 g/mol. The van der Waals surface area contributed by atoms with Crippen molar-refractivity contribution < 1.29 is 9.47 Å². The first-order valence-corrected chi connectivity index (χ1v) is 7.59. The predicted molar refractivity (Wildman–Crippen MR) is 89.3 cm³/mol. The van der Waals surface area contributed by atoms with Crippen molar-refractivity contribution in [3.8, 4) is 22.1 Å². The molecule has 0 spiro atoms. The molecule has 0 saturated carbocycles. The number of aryl methyl sites for hydroxylation is 1. The molecule has 1 aromatic carbocycles. The topological polar surface area (TPSA) is 43.4 Å². The fourth-order valence-electron chi connectivity index (χ4n) is 2.37. The molecule has 3 rings (SSSR count). The number of hydrogen-bond donors (Lipinski definition) is 1. The number of thiazole rings is 1. The van der Waals surface area contributed by atoms with Crippen LogP contribution in [0.15, 0.2) is 18.2 Å². The van der Waals surface area contributed by atoms with Crippen molar-refractivity contribution in [2.24, 2.45) is 0 Å². The molecule has 0 radical (unpaired) electrons. The first kappa shape index (κ1) is 15.9. The van der Waals surface area contributed by atoms with Crippen molar-refractivity contribution in [3.63, 3.8) is 0 Å². The second-order valence-electron chi connectivity index (χ2n) is 4.74. The summed E-state index contributed by atoms with van der Waals surface area (Å²) in [5.74, 6) is 1.59. The van der Waals surface area contributed by atoms with Gasteiger partial charge in [-0.3, -0.25) is 0 Å². The molecule has 0 amide bonds. The van der Waals surface area contributed by atoms with E-state index in [1.807, 2.05) is 18.2 Å². The summed E-state index contributed by atoms with van der Waals surface area (Å²) in [4.78, 5) is 4.78. The van der Waals surface area contributed by atoms with Crippen molar-refractivity contribution in [2.75, 3.05) is 26.1 Å². The first-order chi connectivity index (χ1) is 9.81. The maximum atomic E-state index is 5.47. The van der Waals surface area contributed by atoms with Gasteiger partial charge in [0.15, 0.2) is 0 Å². The quantitative estimate of drug-likeness (QED) is 0.926. The van der Waals surface area contributed by atoms with Gasteiger partial charge in [-0.1, -0.05) is 11.3 Å². The Morgan fingerprint density at radius 2 is 2.05 bits per heavy atom. The number of anilines is 1. The molecule has 0 atom stereocenters. The minimum Gasteiger partial charge on any atom is -0.497 e. The Morgan fingerprint density at radius 1 is 1.19 bits per heavy atom. The summed E-state index contributed by atoms with van der Waals surface area (Å²) in [6.07, 6.45) is 3.46. The van der Waals surface area contributed by atoms with E-state index >= 15 is 0 Å². The van der Waals surface area contributed by atoms with Crippen molar-refractivity contribution in [2.45, 2.75) is 19.3 Å². The normalized spacial score (nSPS) is 13.4. The summed E-state index contributed by atoms with van der Waals surface area (Å²) in [5, 5.41) is 5.67. The minimum absolute atomic E-state index is 0. The van der Waals surface area contributed by atoms with Crippen LogP contribution in [0.25, 0.3) is 10.6 Å². The molecule has 0 aliphatic carbocycles. The Labute approximate surface area is 134 Å². The maximum Gasteiger partial charge on any atom is 0.132 e. The summed E-state index contributed by atoms with van der Waals surface area (Å²) in [5.41, 5.74) is 2.20. The van der Waals surface area contributed by atoms with Crippen molar-refractivity contribution in [1.29, 1.82) is 0 Å². The lowest BCUT2D eigenvalue weighted by atomic mass is 10.2. The molecule has 0 fully saturated rings. The first-order valence-electron chi connectivity index (χ1n) is 6.78. The van der Waals surface area contributed by atoms with Gasteiger partial charge in [0.2, 0.25) is 0 Å². The minimum atomic E-state index is 0. The molecule has 0 saturated heterocycles. The molecule has 21 heavy (non-hydrogen) atoms. The van der Waals surface area contributed by atoms with E-state index in [-0.39, 0.29) is 12.4 Å². The highest BCUT2D eigenvalue weighted by molar-refractivity contribution is 7.19. The van der Waals surface area contributed by atoms with Crippen LogP contribution in [-0.4, -0.2) is 25.7 Å². The third-order valence-electron chi connectivity index (χ3n) is 3.46. The average molecular weight is 327 g/mol. The van der Waals surface area contributed by atoms with Crippen molar-refractivity contribution >= 4 is 28.7 Å². The average Bonchev–Trinajstić information content (AvgIpc) is 2.77. The van der Waals surface area contributed by atoms with E-state index in [4.69, 9.17) is 14.5 Å². The lowest BCUT2D eigenvalue weighted by molar-refractivity contribution is 0.395. The summed E-state index contributed by atoms with van der Waals surface area (Å²) in [6.45, 7) is 1.04. The van der Waals surface area contributed by atoms with Crippen molar-refractivity contribution in [1.82, 2.24) is 4.98 Å². The van der Waals surface area contributed by atoms with E-state index in [1.165, 1.54) is 23.5 Å². The van der Waals surface area contributed by atoms with Gasteiger partial charge >= 0.3 is 0 Å². The van der Waals surface area contributed by atoms with Gasteiger partial charge in [-0.15, -0.1) is 12.4 Å². The molecule has 2 heterocycles. The Hall–Kier alpha value is -1.46. The Morgan fingerprint density at radius 3 is 2.81 bits per heavy atom. The molecule has 1 N–H and O–H groups in total. The zero-order valence-electron chi connectivity index (χ0n) is 12.1. The highest BCUT2D eigenvalue weighted by Crippen LogP contribution is 2.39. The molecule has 1 aliphatic heterocycles. The number of methoxy groups -OCH3 is 2. The maximum absolute atomic E-state index is 5.47. The lowest BCUT2D eigenvalue weighted by Crippen LogP contribution is -1.96. The third kappa shape index (κ3) is 3.24. The van der Waals surface area contributed by atoms with Crippen LogP contribution in [0, 0.1) is 0 Å². The van der Waals surface area contributed by atoms with Gasteiger partial charge in [0.25, 0.3) is 0 Å². The second kappa shape index (κ2) is 7.00. The Bertz CT molecular complexity index is 592. The summed E-state index contributed by atoms with van der Waals surface area (Å²) >= 11 is 1.70. The highest BCUT2D eigenvalue weighted by atomic mass is 35.5. The Kier molecular flexibility index (Phi) is 5.31. The molecular formula is C15H19ClN2O2S. The number of benzene rings is 1. The fraction of sp³-hybridized carbons (Fsp3) is 0.400. The number of ether oxygens (including phenoxy) is 2. The molecule has 0 bridgehead atoms. The number of nitrogens with zero attached hydrogens (tertiary/aromatic N) is 1.